The first kappa shape index (κ1) is 17.6. The van der Waals surface area contributed by atoms with Crippen molar-refractivity contribution in [2.24, 2.45) is 4.99 Å². The van der Waals surface area contributed by atoms with E-state index >= 15 is 0 Å². The number of hydrogen-bond donors (Lipinski definition) is 1. The SMILES string of the molecule is CN(C)C1=NC2(CCN(C(=O)C3CN(C)c4ccccc4O3)CC2)C(=O)N1. The van der Waals surface area contributed by atoms with Crippen molar-refractivity contribution in [2.45, 2.75) is 24.5 Å². The number of carbonyl (C=O) groups excluding carboxylic acids is 2. The summed E-state index contributed by atoms with van der Waals surface area (Å²) in [5, 5.41) is 2.84. The molecule has 0 radical (unpaired) electrons. The average molecular weight is 371 g/mol. The van der Waals surface area contributed by atoms with Gasteiger partial charge < -0.3 is 19.4 Å². The molecule has 1 spiro atoms. The van der Waals surface area contributed by atoms with Crippen molar-refractivity contribution in [3.05, 3.63) is 24.3 Å². The van der Waals surface area contributed by atoms with Crippen LogP contribution in [0.2, 0.25) is 0 Å². The lowest BCUT2D eigenvalue weighted by molar-refractivity contribution is -0.141. The number of para-hydroxylation sites is 2. The van der Waals surface area contributed by atoms with Crippen LogP contribution in [0.15, 0.2) is 29.3 Å². The van der Waals surface area contributed by atoms with Crippen LogP contribution in [0.5, 0.6) is 5.75 Å². The van der Waals surface area contributed by atoms with E-state index in [0.717, 1.165) is 11.4 Å². The fourth-order valence-corrected chi connectivity index (χ4v) is 3.89. The van der Waals surface area contributed by atoms with Crippen LogP contribution in [-0.2, 0) is 9.59 Å². The molecule has 27 heavy (non-hydrogen) atoms. The largest absolute Gasteiger partial charge is 0.477 e. The summed E-state index contributed by atoms with van der Waals surface area (Å²) in [6.45, 7) is 1.52. The maximum atomic E-state index is 13.0. The molecule has 144 valence electrons. The zero-order valence-corrected chi connectivity index (χ0v) is 15.9. The molecule has 1 unspecified atom stereocenters. The van der Waals surface area contributed by atoms with Crippen molar-refractivity contribution in [3.8, 4) is 5.75 Å². The molecule has 1 atom stereocenters. The maximum Gasteiger partial charge on any atom is 0.265 e. The van der Waals surface area contributed by atoms with Gasteiger partial charge in [-0.25, -0.2) is 4.99 Å². The first-order valence-electron chi connectivity index (χ1n) is 9.24. The van der Waals surface area contributed by atoms with Crippen molar-refractivity contribution >= 4 is 23.5 Å². The maximum absolute atomic E-state index is 13.0. The third kappa shape index (κ3) is 2.98. The molecular formula is C19H25N5O3. The van der Waals surface area contributed by atoms with Crippen molar-refractivity contribution in [1.29, 1.82) is 0 Å². The molecular weight excluding hydrogens is 346 g/mol. The standard InChI is InChI=1S/C19H25N5O3/c1-22(2)18-20-17(26)19(21-18)8-10-24(11-9-19)16(25)15-12-23(3)13-6-4-5-7-14(13)27-15/h4-7,15H,8-12H2,1-3H3,(H,20,21,26). The van der Waals surface area contributed by atoms with Crippen molar-refractivity contribution in [3.63, 3.8) is 0 Å². The summed E-state index contributed by atoms with van der Waals surface area (Å²) in [6.07, 6.45) is 0.527. The van der Waals surface area contributed by atoms with Crippen LogP contribution in [0.4, 0.5) is 5.69 Å². The fourth-order valence-electron chi connectivity index (χ4n) is 3.89. The molecule has 1 saturated heterocycles. The molecule has 0 aliphatic carbocycles. The van der Waals surface area contributed by atoms with Gasteiger partial charge in [-0.05, 0) is 25.0 Å². The number of piperidine rings is 1. The minimum atomic E-state index is -0.743. The highest BCUT2D eigenvalue weighted by molar-refractivity contribution is 6.07. The van der Waals surface area contributed by atoms with E-state index in [1.54, 1.807) is 9.80 Å². The van der Waals surface area contributed by atoms with Gasteiger partial charge in [-0.3, -0.25) is 14.9 Å². The van der Waals surface area contributed by atoms with Crippen LogP contribution in [0.25, 0.3) is 0 Å². The third-order valence-electron chi connectivity index (χ3n) is 5.55. The predicted octanol–water partition coefficient (Wildman–Crippen LogP) is 0.292. The molecule has 8 heteroatoms. The molecule has 1 aromatic rings. The van der Waals surface area contributed by atoms with Crippen LogP contribution < -0.4 is 15.0 Å². The quantitative estimate of drug-likeness (QED) is 0.768. The normalized spacial score (nSPS) is 23.4. The van der Waals surface area contributed by atoms with Crippen molar-refractivity contribution in [2.75, 3.05) is 45.7 Å². The van der Waals surface area contributed by atoms with Gasteiger partial charge in [0.2, 0.25) is 5.96 Å². The van der Waals surface area contributed by atoms with Crippen molar-refractivity contribution < 1.29 is 14.3 Å². The zero-order chi connectivity index (χ0) is 19.2. The molecule has 1 fully saturated rings. The van der Waals surface area contributed by atoms with Gasteiger partial charge in [0.25, 0.3) is 11.8 Å². The van der Waals surface area contributed by atoms with Gasteiger partial charge >= 0.3 is 0 Å². The molecule has 3 aliphatic rings. The number of likely N-dealkylation sites (N-methyl/N-ethyl adjacent to an activating group) is 1. The summed E-state index contributed by atoms with van der Waals surface area (Å²) >= 11 is 0. The highest BCUT2D eigenvalue weighted by Gasteiger charge is 2.47. The Hall–Kier alpha value is -2.77. The highest BCUT2D eigenvalue weighted by Crippen LogP contribution is 2.34. The molecule has 2 amide bonds. The summed E-state index contributed by atoms with van der Waals surface area (Å²) < 4.78 is 5.96. The van der Waals surface area contributed by atoms with E-state index in [9.17, 15) is 9.59 Å². The molecule has 0 aromatic heterocycles. The number of ether oxygens (including phenoxy) is 1. The molecule has 3 heterocycles. The second kappa shape index (κ2) is 6.44. The number of carbonyl (C=O) groups is 2. The summed E-state index contributed by atoms with van der Waals surface area (Å²) in [5.74, 6) is 1.23. The van der Waals surface area contributed by atoms with Gasteiger partial charge in [-0.2, -0.15) is 0 Å². The lowest BCUT2D eigenvalue weighted by atomic mass is 9.88. The average Bonchev–Trinajstić information content (AvgIpc) is 2.98. The van der Waals surface area contributed by atoms with Crippen LogP contribution >= 0.6 is 0 Å². The molecule has 3 aliphatic heterocycles. The van der Waals surface area contributed by atoms with Gasteiger partial charge in [0.05, 0.1) is 12.2 Å². The summed E-state index contributed by atoms with van der Waals surface area (Å²) in [5.41, 5.74) is 0.250. The Kier molecular flexibility index (Phi) is 4.20. The number of hydrogen-bond acceptors (Lipinski definition) is 6. The van der Waals surface area contributed by atoms with E-state index in [0.29, 0.717) is 38.4 Å². The van der Waals surface area contributed by atoms with E-state index < -0.39 is 11.6 Å². The number of rotatable bonds is 1. The van der Waals surface area contributed by atoms with E-state index in [2.05, 4.69) is 10.3 Å². The Balaban J connectivity index is 1.43. The first-order valence-corrected chi connectivity index (χ1v) is 9.24. The van der Waals surface area contributed by atoms with Gasteiger partial charge in [-0.15, -0.1) is 0 Å². The number of likely N-dealkylation sites (tertiary alicyclic amines) is 1. The Bertz CT molecular complexity index is 798. The Morgan fingerprint density at radius 3 is 2.67 bits per heavy atom. The first-order chi connectivity index (χ1) is 12.9. The van der Waals surface area contributed by atoms with Gasteiger partial charge in [0.1, 0.15) is 11.3 Å². The number of guanidine groups is 1. The van der Waals surface area contributed by atoms with Crippen LogP contribution in [-0.4, -0.2) is 80.0 Å². The number of fused-ring (bicyclic) bond motifs is 1. The molecule has 8 nitrogen and oxygen atoms in total. The van der Waals surface area contributed by atoms with Gasteiger partial charge in [0.15, 0.2) is 6.10 Å². The Morgan fingerprint density at radius 2 is 2.00 bits per heavy atom. The Morgan fingerprint density at radius 1 is 1.30 bits per heavy atom. The molecule has 0 bridgehead atoms. The monoisotopic (exact) mass is 371 g/mol. The number of benzene rings is 1. The van der Waals surface area contributed by atoms with Crippen LogP contribution in [0.1, 0.15) is 12.8 Å². The van der Waals surface area contributed by atoms with Gasteiger partial charge in [0, 0.05) is 34.2 Å². The van der Waals surface area contributed by atoms with E-state index in [1.807, 2.05) is 50.3 Å². The number of amides is 2. The number of aliphatic imine (C=N–C) groups is 1. The van der Waals surface area contributed by atoms with Crippen molar-refractivity contribution in [1.82, 2.24) is 15.1 Å². The lowest BCUT2D eigenvalue weighted by Crippen LogP contribution is -2.55. The van der Waals surface area contributed by atoms with Gasteiger partial charge in [-0.1, -0.05) is 12.1 Å². The number of nitrogens with one attached hydrogen (secondary N) is 1. The van der Waals surface area contributed by atoms with E-state index in [1.165, 1.54) is 0 Å². The fraction of sp³-hybridized carbons (Fsp3) is 0.526. The van der Waals surface area contributed by atoms with Crippen LogP contribution in [0, 0.1) is 0 Å². The summed E-state index contributed by atoms with van der Waals surface area (Å²) in [4.78, 5) is 35.7. The topological polar surface area (TPSA) is 77.5 Å². The summed E-state index contributed by atoms with van der Waals surface area (Å²) in [6, 6.07) is 7.74. The second-order valence-corrected chi connectivity index (χ2v) is 7.60. The highest BCUT2D eigenvalue weighted by atomic mass is 16.5. The van der Waals surface area contributed by atoms with Crippen LogP contribution in [0.3, 0.4) is 0 Å². The molecule has 0 saturated carbocycles. The number of nitrogens with zero attached hydrogens (tertiary/aromatic N) is 4. The lowest BCUT2D eigenvalue weighted by Gasteiger charge is -2.39. The zero-order valence-electron chi connectivity index (χ0n) is 15.9. The molecule has 4 rings (SSSR count). The molecule has 1 N–H and O–H groups in total. The minimum absolute atomic E-state index is 0.0265. The third-order valence-corrected chi connectivity index (χ3v) is 5.55. The minimum Gasteiger partial charge on any atom is -0.477 e. The number of anilines is 1. The van der Waals surface area contributed by atoms with E-state index in [-0.39, 0.29) is 11.8 Å². The molecule has 1 aromatic carbocycles. The van der Waals surface area contributed by atoms with E-state index in [4.69, 9.17) is 4.74 Å². The predicted molar refractivity (Wildman–Crippen MR) is 102 cm³/mol. The summed E-state index contributed by atoms with van der Waals surface area (Å²) in [7, 11) is 5.67. The Labute approximate surface area is 158 Å². The second-order valence-electron chi connectivity index (χ2n) is 7.60. The smallest absolute Gasteiger partial charge is 0.265 e.